The Labute approximate surface area is 156 Å². The third-order valence-corrected chi connectivity index (χ3v) is 4.61. The molecule has 0 aliphatic carbocycles. The van der Waals surface area contributed by atoms with Crippen molar-refractivity contribution in [3.05, 3.63) is 71.0 Å². The Morgan fingerprint density at radius 2 is 1.52 bits per heavy atom. The number of amides is 3. The molecule has 2 aromatic carbocycles. The Morgan fingerprint density at radius 1 is 0.889 bits per heavy atom. The molecule has 0 radical (unpaired) electrons. The lowest BCUT2D eigenvalue weighted by atomic mass is 10.1. The van der Waals surface area contributed by atoms with Gasteiger partial charge < -0.3 is 15.5 Å². The van der Waals surface area contributed by atoms with Crippen molar-refractivity contribution in [2.75, 3.05) is 26.2 Å². The van der Waals surface area contributed by atoms with E-state index in [1.54, 1.807) is 46.2 Å². The van der Waals surface area contributed by atoms with Gasteiger partial charge in [0, 0.05) is 37.3 Å². The first-order chi connectivity index (χ1) is 13.0. The minimum Gasteiger partial charge on any atom is -0.366 e. The number of nitrogens with two attached hydrogens (primary N) is 1. The van der Waals surface area contributed by atoms with E-state index >= 15 is 0 Å². The third kappa shape index (κ3) is 4.31. The summed E-state index contributed by atoms with van der Waals surface area (Å²) in [6.45, 7) is 1.52. The van der Waals surface area contributed by atoms with Gasteiger partial charge in [0.25, 0.3) is 5.91 Å². The van der Waals surface area contributed by atoms with E-state index in [0.717, 1.165) is 0 Å². The van der Waals surface area contributed by atoms with Gasteiger partial charge in [0.15, 0.2) is 0 Å². The maximum Gasteiger partial charge on any atom is 0.253 e. The van der Waals surface area contributed by atoms with Crippen molar-refractivity contribution >= 4 is 17.7 Å². The molecule has 0 bridgehead atoms. The molecule has 3 amide bonds. The zero-order valence-corrected chi connectivity index (χ0v) is 14.7. The molecule has 140 valence electrons. The average Bonchev–Trinajstić information content (AvgIpc) is 2.69. The molecule has 1 fully saturated rings. The van der Waals surface area contributed by atoms with Crippen LogP contribution < -0.4 is 5.73 Å². The number of piperazine rings is 1. The van der Waals surface area contributed by atoms with Crippen molar-refractivity contribution in [3.8, 4) is 0 Å². The zero-order chi connectivity index (χ0) is 19.4. The number of hydrogen-bond donors (Lipinski definition) is 1. The summed E-state index contributed by atoms with van der Waals surface area (Å²) in [4.78, 5) is 39.5. The van der Waals surface area contributed by atoms with Gasteiger partial charge in [-0.1, -0.05) is 24.3 Å². The lowest BCUT2D eigenvalue weighted by molar-refractivity contribution is -0.132. The first kappa shape index (κ1) is 18.6. The molecular formula is C20H20FN3O3. The van der Waals surface area contributed by atoms with Crippen molar-refractivity contribution in [1.29, 1.82) is 0 Å². The number of benzene rings is 2. The van der Waals surface area contributed by atoms with E-state index in [-0.39, 0.29) is 23.8 Å². The molecule has 0 unspecified atom stereocenters. The van der Waals surface area contributed by atoms with Crippen molar-refractivity contribution in [2.45, 2.75) is 6.42 Å². The van der Waals surface area contributed by atoms with Gasteiger partial charge in [0.2, 0.25) is 11.8 Å². The fraction of sp³-hybridized carbons (Fsp3) is 0.250. The van der Waals surface area contributed by atoms with Crippen LogP contribution >= 0.6 is 0 Å². The van der Waals surface area contributed by atoms with Crippen molar-refractivity contribution in [3.63, 3.8) is 0 Å². The van der Waals surface area contributed by atoms with Crippen LogP contribution in [0.25, 0.3) is 0 Å². The second-order valence-corrected chi connectivity index (χ2v) is 6.39. The van der Waals surface area contributed by atoms with Gasteiger partial charge in [-0.05, 0) is 29.8 Å². The summed E-state index contributed by atoms with van der Waals surface area (Å²) < 4.78 is 13.7. The number of carbonyl (C=O) groups excluding carboxylic acids is 3. The van der Waals surface area contributed by atoms with Crippen LogP contribution in [-0.2, 0) is 11.2 Å². The van der Waals surface area contributed by atoms with Crippen LogP contribution in [0.4, 0.5) is 4.39 Å². The standard InChI is InChI=1S/C20H20FN3O3/c21-17-7-2-1-4-14(17)13-18(25)23-8-10-24(11-9-23)20(27)16-6-3-5-15(12-16)19(22)26/h1-7,12H,8-11,13H2,(H2,22,26). The summed E-state index contributed by atoms with van der Waals surface area (Å²) in [6, 6.07) is 12.5. The summed E-state index contributed by atoms with van der Waals surface area (Å²) in [5.41, 5.74) is 6.28. The second-order valence-electron chi connectivity index (χ2n) is 6.39. The van der Waals surface area contributed by atoms with Crippen LogP contribution in [0.5, 0.6) is 0 Å². The number of halogens is 1. The summed E-state index contributed by atoms with van der Waals surface area (Å²) in [5.74, 6) is -1.36. The van der Waals surface area contributed by atoms with Gasteiger partial charge in [0.1, 0.15) is 5.82 Å². The van der Waals surface area contributed by atoms with Crippen LogP contribution in [0, 0.1) is 5.82 Å². The predicted molar refractivity (Wildman–Crippen MR) is 97.5 cm³/mol. The summed E-state index contributed by atoms with van der Waals surface area (Å²) in [6.07, 6.45) is 0.00127. The van der Waals surface area contributed by atoms with Gasteiger partial charge >= 0.3 is 0 Å². The predicted octanol–water partition coefficient (Wildman–Crippen LogP) is 1.45. The van der Waals surface area contributed by atoms with Crippen molar-refractivity contribution in [2.24, 2.45) is 5.73 Å². The van der Waals surface area contributed by atoms with E-state index in [2.05, 4.69) is 0 Å². The molecule has 6 nitrogen and oxygen atoms in total. The molecule has 0 saturated carbocycles. The molecule has 1 aliphatic heterocycles. The first-order valence-corrected chi connectivity index (χ1v) is 8.66. The van der Waals surface area contributed by atoms with Crippen LogP contribution in [0.15, 0.2) is 48.5 Å². The highest BCUT2D eigenvalue weighted by molar-refractivity contribution is 5.99. The highest BCUT2D eigenvalue weighted by atomic mass is 19.1. The molecule has 2 N–H and O–H groups in total. The Hall–Kier alpha value is -3.22. The molecule has 27 heavy (non-hydrogen) atoms. The van der Waals surface area contributed by atoms with Gasteiger partial charge in [-0.3, -0.25) is 14.4 Å². The first-order valence-electron chi connectivity index (χ1n) is 8.66. The maximum atomic E-state index is 13.7. The van der Waals surface area contributed by atoms with Gasteiger partial charge in [-0.15, -0.1) is 0 Å². The number of nitrogens with zero attached hydrogens (tertiary/aromatic N) is 2. The lowest BCUT2D eigenvalue weighted by Crippen LogP contribution is -2.51. The number of carbonyl (C=O) groups is 3. The van der Waals surface area contributed by atoms with Crippen molar-refractivity contribution in [1.82, 2.24) is 9.80 Å². The van der Waals surface area contributed by atoms with Crippen molar-refractivity contribution < 1.29 is 18.8 Å². The van der Waals surface area contributed by atoms with Gasteiger partial charge in [-0.2, -0.15) is 0 Å². The number of rotatable bonds is 4. The van der Waals surface area contributed by atoms with Crippen LogP contribution in [0.2, 0.25) is 0 Å². The molecule has 1 heterocycles. The molecule has 1 saturated heterocycles. The van der Waals surface area contributed by atoms with Gasteiger partial charge in [-0.25, -0.2) is 4.39 Å². The SMILES string of the molecule is NC(=O)c1cccc(C(=O)N2CCN(C(=O)Cc3ccccc3F)CC2)c1. The minimum atomic E-state index is -0.590. The van der Waals surface area contributed by atoms with E-state index in [9.17, 15) is 18.8 Å². The Morgan fingerprint density at radius 3 is 2.19 bits per heavy atom. The molecule has 3 rings (SSSR count). The smallest absolute Gasteiger partial charge is 0.253 e. The zero-order valence-electron chi connectivity index (χ0n) is 14.7. The van der Waals surface area contributed by atoms with Crippen LogP contribution in [-0.4, -0.2) is 53.7 Å². The molecule has 0 aromatic heterocycles. The minimum absolute atomic E-state index is 0.00127. The highest BCUT2D eigenvalue weighted by Gasteiger charge is 2.25. The van der Waals surface area contributed by atoms with E-state index in [1.807, 2.05) is 0 Å². The van der Waals surface area contributed by atoms with E-state index in [4.69, 9.17) is 5.73 Å². The van der Waals surface area contributed by atoms with Gasteiger partial charge in [0.05, 0.1) is 6.42 Å². The monoisotopic (exact) mass is 369 g/mol. The number of hydrogen-bond acceptors (Lipinski definition) is 3. The molecule has 7 heteroatoms. The van der Waals surface area contributed by atoms with Crippen LogP contribution in [0.1, 0.15) is 26.3 Å². The Kier molecular flexibility index (Phi) is 5.49. The van der Waals surface area contributed by atoms with Crippen LogP contribution in [0.3, 0.4) is 0 Å². The second kappa shape index (κ2) is 7.99. The Bertz CT molecular complexity index is 876. The molecule has 2 aromatic rings. The molecule has 0 spiro atoms. The summed E-state index contributed by atoms with van der Waals surface area (Å²) in [5, 5.41) is 0. The molecule has 0 atom stereocenters. The van der Waals surface area contributed by atoms with E-state index < -0.39 is 11.7 Å². The molecular weight excluding hydrogens is 349 g/mol. The quantitative estimate of drug-likeness (QED) is 0.885. The van der Waals surface area contributed by atoms with E-state index in [0.29, 0.717) is 37.3 Å². The average molecular weight is 369 g/mol. The normalized spacial score (nSPS) is 14.1. The van der Waals surface area contributed by atoms with E-state index in [1.165, 1.54) is 12.1 Å². The fourth-order valence-corrected chi connectivity index (χ4v) is 3.06. The summed E-state index contributed by atoms with van der Waals surface area (Å²) in [7, 11) is 0. The maximum absolute atomic E-state index is 13.7. The largest absolute Gasteiger partial charge is 0.366 e. The summed E-state index contributed by atoms with van der Waals surface area (Å²) >= 11 is 0. The highest BCUT2D eigenvalue weighted by Crippen LogP contribution is 2.13. The molecule has 1 aliphatic rings. The third-order valence-electron chi connectivity index (χ3n) is 4.61. The topological polar surface area (TPSA) is 83.7 Å². The lowest BCUT2D eigenvalue weighted by Gasteiger charge is -2.35. The Balaban J connectivity index is 1.59. The number of primary amides is 1. The fourth-order valence-electron chi connectivity index (χ4n) is 3.06.